The van der Waals surface area contributed by atoms with Gasteiger partial charge >= 0.3 is 0 Å². The minimum Gasteiger partial charge on any atom is -0.356 e. The lowest BCUT2D eigenvalue weighted by Crippen LogP contribution is -2.21. The highest BCUT2D eigenvalue weighted by Crippen LogP contribution is 2.30. The summed E-state index contributed by atoms with van der Waals surface area (Å²) >= 11 is 1.48. The minimum absolute atomic E-state index is 0.0747. The molecule has 0 radical (unpaired) electrons. The van der Waals surface area contributed by atoms with Crippen LogP contribution in [0.1, 0.15) is 5.69 Å². The van der Waals surface area contributed by atoms with Gasteiger partial charge in [-0.1, -0.05) is 65.8 Å². The lowest BCUT2D eigenvalue weighted by Gasteiger charge is -2.04. The maximum Gasteiger partial charge on any atom is 0.263 e. The Hall–Kier alpha value is -3.51. The van der Waals surface area contributed by atoms with Crippen molar-refractivity contribution in [1.29, 1.82) is 0 Å². The zero-order chi connectivity index (χ0) is 18.9. The summed E-state index contributed by atoms with van der Waals surface area (Å²) in [6.45, 7) is 0.308. The van der Waals surface area contributed by atoms with E-state index in [0.29, 0.717) is 23.4 Å². The molecule has 0 N–H and O–H groups in total. The zero-order valence-corrected chi connectivity index (χ0v) is 15.6. The Morgan fingerprint density at radius 1 is 0.964 bits per heavy atom. The molecule has 0 amide bonds. The van der Waals surface area contributed by atoms with Crippen LogP contribution in [0.25, 0.3) is 32.7 Å². The van der Waals surface area contributed by atoms with Crippen molar-refractivity contribution in [3.63, 3.8) is 0 Å². The summed E-state index contributed by atoms with van der Waals surface area (Å²) in [6.07, 6.45) is 1.58. The van der Waals surface area contributed by atoms with E-state index in [1.54, 1.807) is 10.9 Å². The van der Waals surface area contributed by atoms with E-state index in [0.717, 1.165) is 21.5 Å². The van der Waals surface area contributed by atoms with Crippen LogP contribution in [-0.4, -0.2) is 14.7 Å². The molecule has 0 saturated heterocycles. The van der Waals surface area contributed by atoms with Crippen molar-refractivity contribution < 1.29 is 4.52 Å². The van der Waals surface area contributed by atoms with Gasteiger partial charge in [-0.05, 0) is 5.56 Å². The molecule has 136 valence electrons. The van der Waals surface area contributed by atoms with Gasteiger partial charge in [0.05, 0.1) is 18.3 Å². The number of thiophene rings is 1. The predicted octanol–water partition coefficient (Wildman–Crippen LogP) is 4.83. The second-order valence-electron chi connectivity index (χ2n) is 6.42. The van der Waals surface area contributed by atoms with Crippen LogP contribution in [0.4, 0.5) is 0 Å². The van der Waals surface area contributed by atoms with E-state index < -0.39 is 0 Å². The highest BCUT2D eigenvalue weighted by Gasteiger charge is 2.14. The quantitative estimate of drug-likeness (QED) is 0.445. The van der Waals surface area contributed by atoms with E-state index in [9.17, 15) is 4.79 Å². The van der Waals surface area contributed by atoms with Gasteiger partial charge in [0.2, 0.25) is 0 Å². The van der Waals surface area contributed by atoms with Crippen molar-refractivity contribution in [3.05, 3.63) is 94.5 Å². The summed E-state index contributed by atoms with van der Waals surface area (Å²) < 4.78 is 7.02. The Morgan fingerprint density at radius 2 is 1.68 bits per heavy atom. The fourth-order valence-corrected chi connectivity index (χ4v) is 4.12. The molecule has 0 aliphatic heterocycles. The molecule has 0 bridgehead atoms. The molecule has 2 aromatic carbocycles. The van der Waals surface area contributed by atoms with Gasteiger partial charge in [-0.25, -0.2) is 4.98 Å². The molecule has 0 atom stereocenters. The van der Waals surface area contributed by atoms with Crippen molar-refractivity contribution in [2.45, 2.75) is 6.54 Å². The summed E-state index contributed by atoms with van der Waals surface area (Å²) in [6, 6.07) is 21.5. The maximum absolute atomic E-state index is 13.1. The van der Waals surface area contributed by atoms with Gasteiger partial charge in [-0.3, -0.25) is 9.36 Å². The lowest BCUT2D eigenvalue weighted by atomic mass is 10.1. The van der Waals surface area contributed by atoms with Crippen molar-refractivity contribution in [2.75, 3.05) is 0 Å². The smallest absolute Gasteiger partial charge is 0.263 e. The van der Waals surface area contributed by atoms with Crippen LogP contribution in [0.15, 0.2) is 87.8 Å². The predicted molar refractivity (Wildman–Crippen MR) is 110 cm³/mol. The molecule has 3 heterocycles. The fraction of sp³-hybridized carbons (Fsp3) is 0.0455. The molecule has 5 rings (SSSR count). The number of aromatic nitrogens is 3. The fourth-order valence-electron chi connectivity index (χ4n) is 3.21. The molecule has 6 heteroatoms. The molecule has 0 unspecified atom stereocenters. The molecular weight excluding hydrogens is 370 g/mol. The first-order valence-corrected chi connectivity index (χ1v) is 9.70. The Kier molecular flexibility index (Phi) is 4.10. The topological polar surface area (TPSA) is 60.9 Å². The average molecular weight is 385 g/mol. The number of benzene rings is 2. The monoisotopic (exact) mass is 385 g/mol. The molecule has 3 aromatic heterocycles. The number of hydrogen-bond donors (Lipinski definition) is 0. The van der Waals surface area contributed by atoms with Gasteiger partial charge in [-0.2, -0.15) is 0 Å². The Bertz CT molecular complexity index is 1300. The summed E-state index contributed by atoms with van der Waals surface area (Å²) in [5, 5.41) is 6.75. The van der Waals surface area contributed by atoms with Crippen molar-refractivity contribution >= 4 is 21.6 Å². The molecule has 0 spiro atoms. The third-order valence-electron chi connectivity index (χ3n) is 4.60. The number of fused-ring (bicyclic) bond motifs is 1. The van der Waals surface area contributed by atoms with Crippen molar-refractivity contribution in [2.24, 2.45) is 0 Å². The first-order chi connectivity index (χ1) is 13.8. The van der Waals surface area contributed by atoms with Gasteiger partial charge in [-0.15, -0.1) is 11.3 Å². The molecule has 28 heavy (non-hydrogen) atoms. The van der Waals surface area contributed by atoms with Gasteiger partial charge < -0.3 is 4.52 Å². The van der Waals surface area contributed by atoms with Crippen LogP contribution in [-0.2, 0) is 6.54 Å². The van der Waals surface area contributed by atoms with E-state index >= 15 is 0 Å². The van der Waals surface area contributed by atoms with Gasteiger partial charge in [0.25, 0.3) is 5.56 Å². The summed E-state index contributed by atoms with van der Waals surface area (Å²) in [5.74, 6) is 0.679. The Balaban J connectivity index is 1.53. The minimum atomic E-state index is -0.0747. The highest BCUT2D eigenvalue weighted by atomic mass is 32.1. The van der Waals surface area contributed by atoms with E-state index in [2.05, 4.69) is 10.1 Å². The standard InChI is InChI=1S/C22H15N3O2S/c26-22-20-18(15-7-3-1-4-8-15)13-28-21(20)23-14-25(22)12-17-11-19(27-24-17)16-9-5-2-6-10-16/h1-11,13-14H,12H2. The second-order valence-corrected chi connectivity index (χ2v) is 7.28. The van der Waals surface area contributed by atoms with Crippen LogP contribution in [0.2, 0.25) is 0 Å². The molecule has 5 aromatic rings. The number of rotatable bonds is 4. The number of hydrogen-bond acceptors (Lipinski definition) is 5. The van der Waals surface area contributed by atoms with Crippen LogP contribution >= 0.6 is 11.3 Å². The van der Waals surface area contributed by atoms with Gasteiger partial charge in [0.15, 0.2) is 5.76 Å². The normalized spacial score (nSPS) is 11.1. The largest absolute Gasteiger partial charge is 0.356 e. The molecular formula is C22H15N3O2S. The molecule has 5 nitrogen and oxygen atoms in total. The summed E-state index contributed by atoms with van der Waals surface area (Å²) in [5.41, 5.74) is 3.48. The van der Waals surface area contributed by atoms with E-state index in [1.807, 2.05) is 72.1 Å². The second kappa shape index (κ2) is 6.90. The first-order valence-electron chi connectivity index (χ1n) is 8.83. The van der Waals surface area contributed by atoms with Crippen LogP contribution in [0.3, 0.4) is 0 Å². The maximum atomic E-state index is 13.1. The van der Waals surface area contributed by atoms with Gasteiger partial charge in [0, 0.05) is 22.6 Å². The third kappa shape index (κ3) is 2.93. The van der Waals surface area contributed by atoms with Crippen molar-refractivity contribution in [1.82, 2.24) is 14.7 Å². The molecule has 0 aliphatic carbocycles. The Morgan fingerprint density at radius 3 is 2.43 bits per heavy atom. The average Bonchev–Trinajstić information content (AvgIpc) is 3.39. The van der Waals surface area contributed by atoms with E-state index in [-0.39, 0.29) is 5.56 Å². The van der Waals surface area contributed by atoms with Crippen molar-refractivity contribution in [3.8, 4) is 22.5 Å². The van der Waals surface area contributed by atoms with Crippen LogP contribution in [0, 0.1) is 0 Å². The summed E-state index contributed by atoms with van der Waals surface area (Å²) in [4.78, 5) is 18.3. The number of nitrogens with zero attached hydrogens (tertiary/aromatic N) is 3. The van der Waals surface area contributed by atoms with Gasteiger partial charge in [0.1, 0.15) is 10.5 Å². The zero-order valence-electron chi connectivity index (χ0n) is 14.8. The van der Waals surface area contributed by atoms with E-state index in [1.165, 1.54) is 11.3 Å². The van der Waals surface area contributed by atoms with Crippen LogP contribution < -0.4 is 5.56 Å². The highest BCUT2D eigenvalue weighted by molar-refractivity contribution is 7.17. The third-order valence-corrected chi connectivity index (χ3v) is 5.48. The first kappa shape index (κ1) is 16.6. The SMILES string of the molecule is O=c1c2c(-c3ccccc3)csc2ncn1Cc1cc(-c2ccccc2)on1. The van der Waals surface area contributed by atoms with Crippen LogP contribution in [0.5, 0.6) is 0 Å². The summed E-state index contributed by atoms with van der Waals surface area (Å²) in [7, 11) is 0. The molecule has 0 saturated carbocycles. The Labute approximate surface area is 164 Å². The lowest BCUT2D eigenvalue weighted by molar-refractivity contribution is 0.420. The van der Waals surface area contributed by atoms with E-state index in [4.69, 9.17) is 4.52 Å². The molecule has 0 aliphatic rings. The molecule has 0 fully saturated rings.